The summed E-state index contributed by atoms with van der Waals surface area (Å²) in [6.07, 6.45) is 3.09. The molecular formula is C18H19BN4O4. The van der Waals surface area contributed by atoms with Crippen molar-refractivity contribution in [2.24, 2.45) is 5.10 Å². The smallest absolute Gasteiger partial charge is 0.492 e. The van der Waals surface area contributed by atoms with Crippen molar-refractivity contribution in [1.82, 2.24) is 9.97 Å². The highest BCUT2D eigenvalue weighted by molar-refractivity contribution is 6.59. The molecule has 0 atom stereocenters. The number of hydrazone groups is 1. The van der Waals surface area contributed by atoms with Gasteiger partial charge in [0.1, 0.15) is 23.3 Å². The number of para-hydroxylation sites is 1. The van der Waals surface area contributed by atoms with Crippen LogP contribution < -0.4 is 19.9 Å². The summed E-state index contributed by atoms with van der Waals surface area (Å²) in [5.74, 6) is 1.66. The molecule has 0 saturated heterocycles. The maximum atomic E-state index is 9.35. The molecule has 9 heteroatoms. The summed E-state index contributed by atoms with van der Waals surface area (Å²) in [5.41, 5.74) is 1.73. The van der Waals surface area contributed by atoms with E-state index in [1.165, 1.54) is 13.4 Å². The van der Waals surface area contributed by atoms with Gasteiger partial charge < -0.3 is 19.5 Å². The molecule has 0 spiro atoms. The molecule has 0 aliphatic heterocycles. The number of rotatable bonds is 6. The molecule has 0 amide bonds. The van der Waals surface area contributed by atoms with Crippen molar-refractivity contribution >= 4 is 35.5 Å². The van der Waals surface area contributed by atoms with E-state index in [0.717, 1.165) is 10.9 Å². The lowest BCUT2D eigenvalue weighted by atomic mass is 9.79. The largest absolute Gasteiger partial charge is 0.497 e. The van der Waals surface area contributed by atoms with E-state index in [4.69, 9.17) is 9.47 Å². The Bertz CT molecular complexity index is 981. The standard InChI is InChI=1S/C18H19BN4O4/c1-23(18-13-5-4-6-15(26-2)17(13)20-11-21-18)22-10-12-7-8-14(19(24)25)16(9-12)27-3/h4-11,24-25H,1-3H3/b22-10+. The van der Waals surface area contributed by atoms with Gasteiger partial charge >= 0.3 is 7.12 Å². The fourth-order valence-corrected chi connectivity index (χ4v) is 2.70. The lowest BCUT2D eigenvalue weighted by molar-refractivity contribution is 0.403. The van der Waals surface area contributed by atoms with E-state index in [-0.39, 0.29) is 5.46 Å². The zero-order valence-corrected chi connectivity index (χ0v) is 15.2. The Morgan fingerprint density at radius 1 is 1.07 bits per heavy atom. The summed E-state index contributed by atoms with van der Waals surface area (Å²) >= 11 is 0. The van der Waals surface area contributed by atoms with Crippen LogP contribution in [0.1, 0.15) is 5.56 Å². The molecule has 0 fully saturated rings. The van der Waals surface area contributed by atoms with E-state index in [9.17, 15) is 10.0 Å². The second-order valence-corrected chi connectivity index (χ2v) is 5.70. The Balaban J connectivity index is 1.92. The Labute approximate surface area is 156 Å². The molecule has 0 unspecified atom stereocenters. The fraction of sp³-hybridized carbons (Fsp3) is 0.167. The minimum Gasteiger partial charge on any atom is -0.497 e. The van der Waals surface area contributed by atoms with Gasteiger partial charge in [-0.2, -0.15) is 5.10 Å². The number of benzene rings is 2. The Hall–Kier alpha value is -3.17. The van der Waals surface area contributed by atoms with Crippen LogP contribution in [-0.4, -0.2) is 54.6 Å². The Morgan fingerprint density at radius 2 is 1.85 bits per heavy atom. The van der Waals surface area contributed by atoms with E-state index in [1.54, 1.807) is 43.6 Å². The van der Waals surface area contributed by atoms with E-state index in [0.29, 0.717) is 22.8 Å². The average Bonchev–Trinajstić information content (AvgIpc) is 2.70. The molecule has 0 aliphatic carbocycles. The van der Waals surface area contributed by atoms with Gasteiger partial charge in [-0.3, -0.25) is 5.01 Å². The number of anilines is 1. The molecule has 1 aromatic heterocycles. The molecule has 2 N–H and O–H groups in total. The van der Waals surface area contributed by atoms with E-state index in [1.807, 2.05) is 18.2 Å². The molecule has 8 nitrogen and oxygen atoms in total. The molecule has 0 saturated carbocycles. The number of fused-ring (bicyclic) bond motifs is 1. The summed E-state index contributed by atoms with van der Waals surface area (Å²) in [5, 5.41) is 25.6. The predicted octanol–water partition coefficient (Wildman–Crippen LogP) is 0.797. The molecule has 3 aromatic rings. The first-order valence-electron chi connectivity index (χ1n) is 8.14. The first kappa shape index (κ1) is 18.6. The van der Waals surface area contributed by atoms with Crippen LogP contribution in [0.25, 0.3) is 10.9 Å². The Kier molecular flexibility index (Phi) is 5.53. The van der Waals surface area contributed by atoms with Crippen LogP contribution in [0, 0.1) is 0 Å². The highest BCUT2D eigenvalue weighted by atomic mass is 16.5. The number of hydrogen-bond acceptors (Lipinski definition) is 8. The second-order valence-electron chi connectivity index (χ2n) is 5.70. The lowest BCUT2D eigenvalue weighted by Gasteiger charge is -2.15. The third kappa shape index (κ3) is 3.84. The van der Waals surface area contributed by atoms with Crippen molar-refractivity contribution in [2.45, 2.75) is 0 Å². The van der Waals surface area contributed by atoms with E-state index in [2.05, 4.69) is 15.1 Å². The second kappa shape index (κ2) is 8.02. The van der Waals surface area contributed by atoms with Gasteiger partial charge in [0.05, 0.1) is 20.4 Å². The number of nitrogens with zero attached hydrogens (tertiary/aromatic N) is 4. The van der Waals surface area contributed by atoms with Gasteiger partial charge in [-0.25, -0.2) is 9.97 Å². The van der Waals surface area contributed by atoms with Crippen molar-refractivity contribution < 1.29 is 19.5 Å². The van der Waals surface area contributed by atoms with Crippen LogP contribution in [0.15, 0.2) is 47.8 Å². The van der Waals surface area contributed by atoms with Crippen molar-refractivity contribution in [3.63, 3.8) is 0 Å². The van der Waals surface area contributed by atoms with Gasteiger partial charge in [-0.05, 0) is 23.8 Å². The monoisotopic (exact) mass is 366 g/mol. The zero-order chi connectivity index (χ0) is 19.4. The SMILES string of the molecule is COc1cc(/C=N/N(C)c2ncnc3c(OC)cccc23)ccc1B(O)O. The summed E-state index contributed by atoms with van der Waals surface area (Å²) in [4.78, 5) is 8.60. The van der Waals surface area contributed by atoms with Crippen LogP contribution in [0.3, 0.4) is 0 Å². The number of hydrogen-bond donors (Lipinski definition) is 2. The number of methoxy groups -OCH3 is 2. The molecule has 27 heavy (non-hydrogen) atoms. The minimum absolute atomic E-state index is 0.289. The maximum Gasteiger partial charge on any atom is 0.492 e. The molecular weight excluding hydrogens is 347 g/mol. The van der Waals surface area contributed by atoms with Crippen molar-refractivity contribution in [2.75, 3.05) is 26.3 Å². The van der Waals surface area contributed by atoms with Crippen LogP contribution in [0.2, 0.25) is 0 Å². The van der Waals surface area contributed by atoms with Gasteiger partial charge in [0, 0.05) is 17.9 Å². The first-order valence-corrected chi connectivity index (χ1v) is 8.14. The van der Waals surface area contributed by atoms with Crippen molar-refractivity contribution in [3.05, 3.63) is 48.3 Å². The third-order valence-electron chi connectivity index (χ3n) is 4.05. The maximum absolute atomic E-state index is 9.35. The van der Waals surface area contributed by atoms with Crippen LogP contribution >= 0.6 is 0 Å². The summed E-state index contributed by atoms with van der Waals surface area (Å²) in [6, 6.07) is 10.6. The normalized spacial score (nSPS) is 11.0. The van der Waals surface area contributed by atoms with Gasteiger partial charge in [-0.15, -0.1) is 0 Å². The fourth-order valence-electron chi connectivity index (χ4n) is 2.70. The van der Waals surface area contributed by atoms with Crippen LogP contribution in [0.4, 0.5) is 5.82 Å². The summed E-state index contributed by atoms with van der Waals surface area (Å²) < 4.78 is 10.5. The highest BCUT2D eigenvalue weighted by Gasteiger charge is 2.17. The molecule has 0 bridgehead atoms. The van der Waals surface area contributed by atoms with Crippen LogP contribution in [0.5, 0.6) is 11.5 Å². The average molecular weight is 366 g/mol. The number of aromatic nitrogens is 2. The van der Waals surface area contributed by atoms with Gasteiger partial charge in [0.25, 0.3) is 0 Å². The highest BCUT2D eigenvalue weighted by Crippen LogP contribution is 2.28. The topological polar surface area (TPSA) is 100 Å². The molecule has 0 aliphatic rings. The third-order valence-corrected chi connectivity index (χ3v) is 4.05. The van der Waals surface area contributed by atoms with E-state index < -0.39 is 7.12 Å². The quantitative estimate of drug-likeness (QED) is 0.378. The van der Waals surface area contributed by atoms with Crippen molar-refractivity contribution in [1.29, 1.82) is 0 Å². The van der Waals surface area contributed by atoms with E-state index >= 15 is 0 Å². The van der Waals surface area contributed by atoms with Gasteiger partial charge in [0.2, 0.25) is 0 Å². The van der Waals surface area contributed by atoms with Gasteiger partial charge in [0.15, 0.2) is 5.82 Å². The molecule has 2 aromatic carbocycles. The first-order chi connectivity index (χ1) is 13.0. The number of ether oxygens (including phenoxy) is 2. The summed E-state index contributed by atoms with van der Waals surface area (Å²) in [6.45, 7) is 0. The minimum atomic E-state index is -1.60. The molecule has 1 heterocycles. The Morgan fingerprint density at radius 3 is 2.56 bits per heavy atom. The lowest BCUT2D eigenvalue weighted by Crippen LogP contribution is -2.31. The van der Waals surface area contributed by atoms with Gasteiger partial charge in [-0.1, -0.05) is 18.2 Å². The predicted molar refractivity (Wildman–Crippen MR) is 105 cm³/mol. The molecule has 0 radical (unpaired) electrons. The summed E-state index contributed by atoms with van der Waals surface area (Å²) in [7, 11) is 3.24. The zero-order valence-electron chi connectivity index (χ0n) is 15.2. The van der Waals surface area contributed by atoms with Crippen molar-refractivity contribution in [3.8, 4) is 11.5 Å². The molecule has 138 valence electrons. The van der Waals surface area contributed by atoms with Crippen LogP contribution in [-0.2, 0) is 0 Å². The molecule has 3 rings (SSSR count).